The van der Waals surface area contributed by atoms with Crippen molar-refractivity contribution in [2.45, 2.75) is 6.54 Å². The number of fused-ring (bicyclic) bond motifs is 1. The van der Waals surface area contributed by atoms with Gasteiger partial charge >= 0.3 is 0 Å². The highest BCUT2D eigenvalue weighted by Crippen LogP contribution is 2.27. The molecule has 0 atom stereocenters. The zero-order chi connectivity index (χ0) is 18.6. The second-order valence-corrected chi connectivity index (χ2v) is 7.04. The highest BCUT2D eigenvalue weighted by Gasteiger charge is 2.14. The molecule has 0 aliphatic rings. The summed E-state index contributed by atoms with van der Waals surface area (Å²) in [6.45, 7) is 0.422. The third kappa shape index (κ3) is 3.88. The van der Waals surface area contributed by atoms with Gasteiger partial charge in [0.15, 0.2) is 0 Å². The minimum Gasteiger partial charge on any atom is -0.348 e. The van der Waals surface area contributed by atoms with Gasteiger partial charge in [-0.3, -0.25) is 9.78 Å². The lowest BCUT2D eigenvalue weighted by molar-refractivity contribution is 0.0952. The monoisotopic (exact) mass is 417 g/mol. The van der Waals surface area contributed by atoms with E-state index in [4.69, 9.17) is 4.98 Å². The number of nitrogens with zero attached hydrogens (tertiary/aromatic N) is 2. The molecule has 0 radical (unpaired) electrons. The minimum atomic E-state index is -0.137. The Morgan fingerprint density at radius 2 is 1.85 bits per heavy atom. The van der Waals surface area contributed by atoms with Crippen molar-refractivity contribution in [2.24, 2.45) is 0 Å². The first-order chi connectivity index (χ1) is 13.2. The van der Waals surface area contributed by atoms with E-state index in [0.717, 1.165) is 32.2 Å². The van der Waals surface area contributed by atoms with Crippen LogP contribution >= 0.6 is 15.9 Å². The molecule has 2 aromatic heterocycles. The molecule has 0 saturated heterocycles. The summed E-state index contributed by atoms with van der Waals surface area (Å²) < 4.78 is 0.908. The standard InChI is InChI=1S/C22H16BrN3O/c23-17-8-9-20-18(11-17)19(12-21(26-20)16-6-2-1-3-7-16)22(27)25-14-15-5-4-10-24-13-15/h1-13H,14H2,(H,25,27). The fraction of sp³-hybridized carbons (Fsp3) is 0.0455. The van der Waals surface area contributed by atoms with Gasteiger partial charge in [0.25, 0.3) is 5.91 Å². The van der Waals surface area contributed by atoms with Crippen molar-refractivity contribution in [1.29, 1.82) is 0 Å². The topological polar surface area (TPSA) is 54.9 Å². The lowest BCUT2D eigenvalue weighted by Gasteiger charge is -2.11. The van der Waals surface area contributed by atoms with Gasteiger partial charge in [0.1, 0.15) is 0 Å². The lowest BCUT2D eigenvalue weighted by atomic mass is 10.0. The van der Waals surface area contributed by atoms with Gasteiger partial charge in [0.05, 0.1) is 16.8 Å². The van der Waals surface area contributed by atoms with Crippen molar-refractivity contribution in [1.82, 2.24) is 15.3 Å². The van der Waals surface area contributed by atoms with Crippen LogP contribution in [0.2, 0.25) is 0 Å². The average molecular weight is 418 g/mol. The Morgan fingerprint density at radius 1 is 1.00 bits per heavy atom. The molecule has 2 heterocycles. The molecular weight excluding hydrogens is 402 g/mol. The molecule has 4 rings (SSSR count). The van der Waals surface area contributed by atoms with Crippen LogP contribution in [0.15, 0.2) is 83.6 Å². The summed E-state index contributed by atoms with van der Waals surface area (Å²) in [5.41, 5.74) is 4.09. The van der Waals surface area contributed by atoms with E-state index in [1.165, 1.54) is 0 Å². The molecule has 0 bridgehead atoms. The molecule has 0 aliphatic heterocycles. The molecule has 27 heavy (non-hydrogen) atoms. The first-order valence-electron chi connectivity index (χ1n) is 8.53. The summed E-state index contributed by atoms with van der Waals surface area (Å²) in [7, 11) is 0. The van der Waals surface area contributed by atoms with Crippen LogP contribution in [0.4, 0.5) is 0 Å². The van der Waals surface area contributed by atoms with Crippen LogP contribution in [0.3, 0.4) is 0 Å². The van der Waals surface area contributed by atoms with E-state index in [0.29, 0.717) is 12.1 Å². The van der Waals surface area contributed by atoms with Crippen LogP contribution < -0.4 is 5.32 Å². The van der Waals surface area contributed by atoms with Crippen molar-refractivity contribution in [2.75, 3.05) is 0 Å². The van der Waals surface area contributed by atoms with Gasteiger partial charge in [-0.25, -0.2) is 4.98 Å². The highest BCUT2D eigenvalue weighted by atomic mass is 79.9. The molecule has 0 unspecified atom stereocenters. The molecular formula is C22H16BrN3O. The first-order valence-corrected chi connectivity index (χ1v) is 9.33. The second kappa shape index (κ2) is 7.68. The van der Waals surface area contributed by atoms with E-state index in [-0.39, 0.29) is 5.91 Å². The Labute approximate surface area is 165 Å². The van der Waals surface area contributed by atoms with Gasteiger partial charge in [-0.15, -0.1) is 0 Å². The number of carbonyl (C=O) groups excluding carboxylic acids is 1. The van der Waals surface area contributed by atoms with Crippen molar-refractivity contribution in [3.8, 4) is 11.3 Å². The number of halogens is 1. The largest absolute Gasteiger partial charge is 0.348 e. The van der Waals surface area contributed by atoms with Crippen LogP contribution in [0, 0.1) is 0 Å². The Bertz CT molecular complexity index is 1100. The zero-order valence-electron chi connectivity index (χ0n) is 14.4. The first kappa shape index (κ1) is 17.4. The molecule has 0 fully saturated rings. The third-order valence-electron chi connectivity index (χ3n) is 4.26. The van der Waals surface area contributed by atoms with Gasteiger partial charge < -0.3 is 5.32 Å². The molecule has 0 aliphatic carbocycles. The molecule has 132 valence electrons. The summed E-state index contributed by atoms with van der Waals surface area (Å²) >= 11 is 3.49. The highest BCUT2D eigenvalue weighted by molar-refractivity contribution is 9.10. The van der Waals surface area contributed by atoms with Crippen LogP contribution in [-0.2, 0) is 6.54 Å². The fourth-order valence-electron chi connectivity index (χ4n) is 2.92. The van der Waals surface area contributed by atoms with Crippen molar-refractivity contribution in [3.05, 3.63) is 94.7 Å². The number of hydrogen-bond acceptors (Lipinski definition) is 3. The van der Waals surface area contributed by atoms with Gasteiger partial charge in [-0.1, -0.05) is 52.3 Å². The number of nitrogens with one attached hydrogen (secondary N) is 1. The van der Waals surface area contributed by atoms with E-state index in [1.807, 2.05) is 66.7 Å². The minimum absolute atomic E-state index is 0.137. The van der Waals surface area contributed by atoms with Crippen LogP contribution in [0.1, 0.15) is 15.9 Å². The van der Waals surface area contributed by atoms with E-state index in [2.05, 4.69) is 26.2 Å². The summed E-state index contributed by atoms with van der Waals surface area (Å²) in [6, 6.07) is 21.3. The van der Waals surface area contributed by atoms with Crippen molar-refractivity contribution < 1.29 is 4.79 Å². The summed E-state index contributed by atoms with van der Waals surface area (Å²) in [5, 5.41) is 3.80. The van der Waals surface area contributed by atoms with Crippen LogP contribution in [-0.4, -0.2) is 15.9 Å². The number of pyridine rings is 2. The Hall–Kier alpha value is -3.05. The van der Waals surface area contributed by atoms with Crippen molar-refractivity contribution >= 4 is 32.7 Å². The van der Waals surface area contributed by atoms with E-state index in [9.17, 15) is 4.79 Å². The SMILES string of the molecule is O=C(NCc1cccnc1)c1cc(-c2ccccc2)nc2ccc(Br)cc12. The quantitative estimate of drug-likeness (QED) is 0.508. The molecule has 4 aromatic rings. The maximum Gasteiger partial charge on any atom is 0.252 e. The Balaban J connectivity index is 1.75. The van der Waals surface area contributed by atoms with Gasteiger partial charge in [0.2, 0.25) is 0 Å². The normalized spacial score (nSPS) is 10.7. The Morgan fingerprint density at radius 3 is 2.63 bits per heavy atom. The van der Waals surface area contributed by atoms with Gasteiger partial charge in [-0.05, 0) is 35.9 Å². The summed E-state index contributed by atoms with van der Waals surface area (Å²) in [6.07, 6.45) is 3.46. The number of amides is 1. The molecule has 0 saturated carbocycles. The predicted molar refractivity (Wildman–Crippen MR) is 110 cm³/mol. The molecule has 1 N–H and O–H groups in total. The molecule has 2 aromatic carbocycles. The molecule has 4 nitrogen and oxygen atoms in total. The maximum atomic E-state index is 13.0. The fourth-order valence-corrected chi connectivity index (χ4v) is 3.28. The van der Waals surface area contributed by atoms with E-state index < -0.39 is 0 Å². The van der Waals surface area contributed by atoms with Gasteiger partial charge in [0, 0.05) is 34.4 Å². The van der Waals surface area contributed by atoms with Crippen LogP contribution in [0.25, 0.3) is 22.2 Å². The summed E-state index contributed by atoms with van der Waals surface area (Å²) in [5.74, 6) is -0.137. The Kier molecular flexibility index (Phi) is 4.94. The predicted octanol–water partition coefficient (Wildman–Crippen LogP) is 4.99. The summed E-state index contributed by atoms with van der Waals surface area (Å²) in [4.78, 5) is 21.8. The molecule has 1 amide bonds. The van der Waals surface area contributed by atoms with E-state index in [1.54, 1.807) is 12.4 Å². The number of hydrogen-bond donors (Lipinski definition) is 1. The van der Waals surface area contributed by atoms with Crippen LogP contribution in [0.5, 0.6) is 0 Å². The lowest BCUT2D eigenvalue weighted by Crippen LogP contribution is -2.23. The molecule has 0 spiro atoms. The number of carbonyl (C=O) groups is 1. The van der Waals surface area contributed by atoms with E-state index >= 15 is 0 Å². The zero-order valence-corrected chi connectivity index (χ0v) is 16.0. The third-order valence-corrected chi connectivity index (χ3v) is 4.75. The maximum absolute atomic E-state index is 13.0. The average Bonchev–Trinajstić information content (AvgIpc) is 2.72. The number of aromatic nitrogens is 2. The second-order valence-electron chi connectivity index (χ2n) is 6.13. The van der Waals surface area contributed by atoms with Gasteiger partial charge in [-0.2, -0.15) is 0 Å². The number of rotatable bonds is 4. The smallest absolute Gasteiger partial charge is 0.252 e. The van der Waals surface area contributed by atoms with Crippen molar-refractivity contribution in [3.63, 3.8) is 0 Å². The number of benzene rings is 2. The molecule has 5 heteroatoms.